The number of aryl methyl sites for hydroxylation is 2. The zero-order valence-corrected chi connectivity index (χ0v) is 12.7. The topological polar surface area (TPSA) is 55.1 Å². The first-order chi connectivity index (χ1) is 8.69. The van der Waals surface area contributed by atoms with Crippen LogP contribution in [0, 0.1) is 13.8 Å². The Morgan fingerprint density at radius 3 is 2.58 bits per heavy atom. The average molecular weight is 262 g/mol. The van der Waals surface area contributed by atoms with Gasteiger partial charge in [0.05, 0.1) is 6.04 Å². The normalized spacial score (nSPS) is 13.2. The summed E-state index contributed by atoms with van der Waals surface area (Å²) < 4.78 is 0. The maximum Gasteiger partial charge on any atom is 0.220 e. The lowest BCUT2D eigenvalue weighted by atomic mass is 9.98. The van der Waals surface area contributed by atoms with Crippen LogP contribution < -0.4 is 11.1 Å². The smallest absolute Gasteiger partial charge is 0.220 e. The van der Waals surface area contributed by atoms with E-state index in [1.54, 1.807) is 0 Å². The van der Waals surface area contributed by atoms with E-state index >= 15 is 0 Å². The van der Waals surface area contributed by atoms with E-state index in [9.17, 15) is 4.79 Å². The van der Waals surface area contributed by atoms with Gasteiger partial charge in [0.2, 0.25) is 5.91 Å². The fourth-order valence-electron chi connectivity index (χ4n) is 2.05. The van der Waals surface area contributed by atoms with Gasteiger partial charge in [0, 0.05) is 12.0 Å². The summed E-state index contributed by atoms with van der Waals surface area (Å²) in [6.07, 6.45) is 1.16. The van der Waals surface area contributed by atoms with Gasteiger partial charge in [-0.25, -0.2) is 0 Å². The van der Waals surface area contributed by atoms with E-state index in [1.165, 1.54) is 16.7 Å². The minimum atomic E-state index is -0.292. The third-order valence-electron chi connectivity index (χ3n) is 3.28. The van der Waals surface area contributed by atoms with Gasteiger partial charge in [-0.05, 0) is 52.2 Å². The van der Waals surface area contributed by atoms with Gasteiger partial charge in [-0.2, -0.15) is 0 Å². The zero-order chi connectivity index (χ0) is 14.6. The molecule has 106 valence electrons. The summed E-state index contributed by atoms with van der Waals surface area (Å²) in [4.78, 5) is 11.9. The minimum absolute atomic E-state index is 0.0355. The molecule has 3 heteroatoms. The van der Waals surface area contributed by atoms with Gasteiger partial charge in [-0.1, -0.05) is 23.8 Å². The Balaban J connectivity index is 2.61. The van der Waals surface area contributed by atoms with Crippen LogP contribution in [0.5, 0.6) is 0 Å². The number of rotatable bonds is 5. The van der Waals surface area contributed by atoms with E-state index in [0.29, 0.717) is 12.8 Å². The van der Waals surface area contributed by atoms with Crippen molar-refractivity contribution in [1.29, 1.82) is 0 Å². The molecule has 0 aliphatic rings. The van der Waals surface area contributed by atoms with Crippen molar-refractivity contribution in [2.45, 2.75) is 59.0 Å². The lowest BCUT2D eigenvalue weighted by Gasteiger charge is -2.20. The molecule has 3 N–H and O–H groups in total. The number of carbonyl (C=O) groups is 1. The maximum absolute atomic E-state index is 11.9. The summed E-state index contributed by atoms with van der Waals surface area (Å²) in [6.45, 7) is 10.0. The third-order valence-corrected chi connectivity index (χ3v) is 3.28. The van der Waals surface area contributed by atoms with Crippen LogP contribution in [-0.2, 0) is 4.79 Å². The summed E-state index contributed by atoms with van der Waals surface area (Å²) in [5.74, 6) is 0.0620. The first-order valence-electron chi connectivity index (χ1n) is 6.84. The highest BCUT2D eigenvalue weighted by atomic mass is 16.1. The monoisotopic (exact) mass is 262 g/mol. The Hall–Kier alpha value is -1.35. The van der Waals surface area contributed by atoms with Crippen LogP contribution in [0.3, 0.4) is 0 Å². The van der Waals surface area contributed by atoms with E-state index in [-0.39, 0.29) is 17.5 Å². The molecule has 0 spiro atoms. The molecule has 1 rings (SSSR count). The molecule has 1 aromatic rings. The predicted molar refractivity (Wildman–Crippen MR) is 80.0 cm³/mol. The number of carbonyl (C=O) groups excluding carboxylic acids is 1. The average Bonchev–Trinajstić information content (AvgIpc) is 2.28. The van der Waals surface area contributed by atoms with Crippen molar-refractivity contribution < 1.29 is 4.79 Å². The van der Waals surface area contributed by atoms with Crippen molar-refractivity contribution in [1.82, 2.24) is 5.32 Å². The second-order valence-corrected chi connectivity index (χ2v) is 6.14. The molecule has 1 amide bonds. The first kappa shape index (κ1) is 15.7. The molecule has 3 nitrogen and oxygen atoms in total. The van der Waals surface area contributed by atoms with E-state index < -0.39 is 0 Å². The molecule has 0 aliphatic carbocycles. The van der Waals surface area contributed by atoms with Gasteiger partial charge >= 0.3 is 0 Å². The van der Waals surface area contributed by atoms with Gasteiger partial charge in [-0.3, -0.25) is 4.79 Å². The number of nitrogens with two attached hydrogens (primary N) is 1. The minimum Gasteiger partial charge on any atom is -0.350 e. The van der Waals surface area contributed by atoms with Crippen LogP contribution >= 0.6 is 0 Å². The van der Waals surface area contributed by atoms with Crippen LogP contribution in [0.25, 0.3) is 0 Å². The molecule has 1 atom stereocenters. The summed E-state index contributed by atoms with van der Waals surface area (Å²) in [6, 6.07) is 6.35. The quantitative estimate of drug-likeness (QED) is 0.857. The Kier molecular flexibility index (Phi) is 5.12. The molecule has 1 aromatic carbocycles. The molecule has 19 heavy (non-hydrogen) atoms. The summed E-state index contributed by atoms with van der Waals surface area (Å²) in [5.41, 5.74) is 9.20. The Labute approximate surface area is 116 Å². The van der Waals surface area contributed by atoms with Crippen molar-refractivity contribution in [2.75, 3.05) is 0 Å². The first-order valence-corrected chi connectivity index (χ1v) is 6.84. The van der Waals surface area contributed by atoms with Crippen LogP contribution in [0.4, 0.5) is 0 Å². The standard InChI is InChI=1S/C16H26N2O/c1-11-6-7-12(2)14(10-11)13(3)18-15(19)8-9-16(4,5)17/h6-7,10,13H,8-9,17H2,1-5H3,(H,18,19). The van der Waals surface area contributed by atoms with Crippen LogP contribution in [0.15, 0.2) is 18.2 Å². The second-order valence-electron chi connectivity index (χ2n) is 6.14. The van der Waals surface area contributed by atoms with Crippen LogP contribution in [0.2, 0.25) is 0 Å². The molecular formula is C16H26N2O. The highest BCUT2D eigenvalue weighted by Gasteiger charge is 2.16. The molecule has 0 saturated carbocycles. The number of nitrogens with one attached hydrogen (secondary N) is 1. The van der Waals surface area contributed by atoms with E-state index in [2.05, 4.69) is 37.4 Å². The molecule has 0 fully saturated rings. The van der Waals surface area contributed by atoms with Gasteiger partial charge in [0.1, 0.15) is 0 Å². The molecule has 0 radical (unpaired) electrons. The summed E-state index contributed by atoms with van der Waals surface area (Å²) >= 11 is 0. The molecule has 0 saturated heterocycles. The Morgan fingerprint density at radius 2 is 2.00 bits per heavy atom. The summed E-state index contributed by atoms with van der Waals surface area (Å²) in [5, 5.41) is 3.04. The van der Waals surface area contributed by atoms with Gasteiger partial charge < -0.3 is 11.1 Å². The Bertz CT molecular complexity index is 447. The zero-order valence-electron chi connectivity index (χ0n) is 12.7. The van der Waals surface area contributed by atoms with Crippen molar-refractivity contribution in [3.05, 3.63) is 34.9 Å². The van der Waals surface area contributed by atoms with Crippen molar-refractivity contribution in [3.63, 3.8) is 0 Å². The highest BCUT2D eigenvalue weighted by molar-refractivity contribution is 5.76. The van der Waals surface area contributed by atoms with Crippen molar-refractivity contribution >= 4 is 5.91 Å². The molecule has 1 unspecified atom stereocenters. The molecule has 0 aliphatic heterocycles. The molecule has 0 bridgehead atoms. The number of hydrogen-bond acceptors (Lipinski definition) is 2. The SMILES string of the molecule is Cc1ccc(C)c(C(C)NC(=O)CCC(C)(C)N)c1. The summed E-state index contributed by atoms with van der Waals surface area (Å²) in [7, 11) is 0. The third kappa shape index (κ3) is 5.43. The van der Waals surface area contributed by atoms with E-state index in [1.807, 2.05) is 20.8 Å². The van der Waals surface area contributed by atoms with Crippen LogP contribution in [0.1, 0.15) is 56.3 Å². The van der Waals surface area contributed by atoms with Crippen LogP contribution in [-0.4, -0.2) is 11.4 Å². The maximum atomic E-state index is 11.9. The van der Waals surface area contributed by atoms with Gasteiger partial charge in [-0.15, -0.1) is 0 Å². The lowest BCUT2D eigenvalue weighted by molar-refractivity contribution is -0.122. The predicted octanol–water partition coefficient (Wildman–Crippen LogP) is 3.00. The van der Waals surface area contributed by atoms with Crippen molar-refractivity contribution in [3.8, 4) is 0 Å². The molecule has 0 heterocycles. The molecular weight excluding hydrogens is 236 g/mol. The fourth-order valence-corrected chi connectivity index (χ4v) is 2.05. The number of benzene rings is 1. The second kappa shape index (κ2) is 6.20. The molecule has 0 aromatic heterocycles. The fraction of sp³-hybridized carbons (Fsp3) is 0.562. The van der Waals surface area contributed by atoms with Gasteiger partial charge in [0.25, 0.3) is 0 Å². The highest BCUT2D eigenvalue weighted by Crippen LogP contribution is 2.19. The van der Waals surface area contributed by atoms with E-state index in [4.69, 9.17) is 5.73 Å². The number of amides is 1. The Morgan fingerprint density at radius 1 is 1.37 bits per heavy atom. The van der Waals surface area contributed by atoms with Crippen molar-refractivity contribution in [2.24, 2.45) is 5.73 Å². The van der Waals surface area contributed by atoms with Gasteiger partial charge in [0.15, 0.2) is 0 Å². The number of hydrogen-bond donors (Lipinski definition) is 2. The van der Waals surface area contributed by atoms with E-state index in [0.717, 1.165) is 0 Å². The largest absolute Gasteiger partial charge is 0.350 e. The lowest BCUT2D eigenvalue weighted by Crippen LogP contribution is -2.35.